The molecule has 0 aromatic carbocycles. The second-order valence-electron chi connectivity index (χ2n) is 5.82. The van der Waals surface area contributed by atoms with Crippen molar-refractivity contribution in [2.24, 2.45) is 0 Å². The maximum Gasteiger partial charge on any atom is 0.229 e. The van der Waals surface area contributed by atoms with E-state index in [9.17, 15) is 5.11 Å². The molecule has 1 saturated heterocycles. The molecule has 1 aliphatic heterocycles. The number of hydrogen-bond acceptors (Lipinski definition) is 6. The van der Waals surface area contributed by atoms with Crippen LogP contribution in [0, 0.1) is 6.92 Å². The molecule has 1 fully saturated rings. The first-order chi connectivity index (χ1) is 10.1. The van der Waals surface area contributed by atoms with E-state index in [0.29, 0.717) is 24.7 Å². The van der Waals surface area contributed by atoms with Crippen molar-refractivity contribution in [2.75, 3.05) is 19.6 Å². The smallest absolute Gasteiger partial charge is 0.229 e. The normalized spacial score (nSPS) is 23.5. The summed E-state index contributed by atoms with van der Waals surface area (Å²) < 4.78 is 7.18. The third kappa shape index (κ3) is 3.68. The van der Waals surface area contributed by atoms with E-state index < -0.39 is 5.60 Å². The minimum Gasteiger partial charge on any atom is -0.388 e. The van der Waals surface area contributed by atoms with Crippen molar-refractivity contribution in [3.63, 3.8) is 0 Å². The molecule has 3 heterocycles. The monoisotopic (exact) mass is 291 g/mol. The Balaban J connectivity index is 1.56. The van der Waals surface area contributed by atoms with Crippen molar-refractivity contribution in [3.8, 4) is 0 Å². The van der Waals surface area contributed by atoms with E-state index in [1.165, 1.54) is 0 Å². The van der Waals surface area contributed by atoms with Crippen molar-refractivity contribution in [1.29, 1.82) is 0 Å². The molecule has 7 nitrogen and oxygen atoms in total. The molecule has 1 N–H and O–H groups in total. The van der Waals surface area contributed by atoms with Crippen LogP contribution in [0.15, 0.2) is 23.2 Å². The molecule has 3 rings (SSSR count). The van der Waals surface area contributed by atoms with Crippen molar-refractivity contribution in [2.45, 2.75) is 38.3 Å². The first kappa shape index (κ1) is 14.2. The lowest BCUT2D eigenvalue weighted by Gasteiger charge is -2.38. The number of aryl methyl sites for hydroxylation is 1. The van der Waals surface area contributed by atoms with Gasteiger partial charge in [0.2, 0.25) is 5.89 Å². The van der Waals surface area contributed by atoms with Crippen LogP contribution >= 0.6 is 0 Å². The molecule has 1 atom stereocenters. The Morgan fingerprint density at radius 2 is 2.33 bits per heavy atom. The van der Waals surface area contributed by atoms with E-state index in [2.05, 4.69) is 24.6 Å². The first-order valence-corrected chi connectivity index (χ1v) is 7.33. The lowest BCUT2D eigenvalue weighted by molar-refractivity contribution is -0.0356. The van der Waals surface area contributed by atoms with E-state index in [1.54, 1.807) is 13.1 Å². The Labute approximate surface area is 123 Å². The number of piperidine rings is 1. The molecule has 1 unspecified atom stereocenters. The summed E-state index contributed by atoms with van der Waals surface area (Å²) in [6.07, 6.45) is 7.73. The first-order valence-electron chi connectivity index (χ1n) is 7.33. The van der Waals surface area contributed by atoms with Gasteiger partial charge in [-0.3, -0.25) is 4.90 Å². The van der Waals surface area contributed by atoms with E-state index in [1.807, 2.05) is 12.5 Å². The Kier molecular flexibility index (Phi) is 4.03. The van der Waals surface area contributed by atoms with Crippen LogP contribution in [0.4, 0.5) is 0 Å². The van der Waals surface area contributed by atoms with Crippen LogP contribution in [-0.2, 0) is 13.0 Å². The number of imidazole rings is 1. The third-order valence-corrected chi connectivity index (χ3v) is 3.92. The number of aliphatic hydroxyl groups is 1. The second-order valence-corrected chi connectivity index (χ2v) is 5.82. The summed E-state index contributed by atoms with van der Waals surface area (Å²) in [7, 11) is 0. The standard InChI is InChI=1S/C14H21N5O2/c1-12-16-13(21-17-12)9-14(20)3-2-5-18(10-14)7-8-19-6-4-15-11-19/h4,6,11,20H,2-3,5,7-10H2,1H3. The quantitative estimate of drug-likeness (QED) is 0.871. The molecule has 0 aliphatic carbocycles. The summed E-state index contributed by atoms with van der Waals surface area (Å²) >= 11 is 0. The van der Waals surface area contributed by atoms with Crippen LogP contribution in [0.1, 0.15) is 24.6 Å². The highest BCUT2D eigenvalue weighted by atomic mass is 16.5. The third-order valence-electron chi connectivity index (χ3n) is 3.92. The maximum atomic E-state index is 10.8. The van der Waals surface area contributed by atoms with Crippen LogP contribution < -0.4 is 0 Å². The van der Waals surface area contributed by atoms with Gasteiger partial charge >= 0.3 is 0 Å². The van der Waals surface area contributed by atoms with Gasteiger partial charge in [0, 0.05) is 32.0 Å². The molecule has 0 saturated carbocycles. The SMILES string of the molecule is Cc1noc(CC2(O)CCCN(CCn3ccnc3)C2)n1. The molecule has 2 aromatic heterocycles. The minimum absolute atomic E-state index is 0.426. The van der Waals surface area contributed by atoms with Gasteiger partial charge in [0.15, 0.2) is 5.82 Å². The fraction of sp³-hybridized carbons (Fsp3) is 0.643. The van der Waals surface area contributed by atoms with Gasteiger partial charge < -0.3 is 14.2 Å². The Morgan fingerprint density at radius 1 is 1.43 bits per heavy atom. The summed E-state index contributed by atoms with van der Waals surface area (Å²) in [5.41, 5.74) is -0.772. The summed E-state index contributed by atoms with van der Waals surface area (Å²) in [4.78, 5) is 10.5. The zero-order valence-corrected chi connectivity index (χ0v) is 12.3. The minimum atomic E-state index is -0.772. The van der Waals surface area contributed by atoms with Gasteiger partial charge in [-0.2, -0.15) is 4.98 Å². The second kappa shape index (κ2) is 5.95. The van der Waals surface area contributed by atoms with Gasteiger partial charge in [-0.1, -0.05) is 5.16 Å². The molecular formula is C14H21N5O2. The lowest BCUT2D eigenvalue weighted by atomic mass is 9.89. The van der Waals surface area contributed by atoms with Gasteiger partial charge in [-0.05, 0) is 26.3 Å². The van der Waals surface area contributed by atoms with Gasteiger partial charge in [0.1, 0.15) is 0 Å². The molecule has 0 bridgehead atoms. The number of nitrogens with zero attached hydrogens (tertiary/aromatic N) is 5. The fourth-order valence-corrected chi connectivity index (χ4v) is 2.91. The van der Waals surface area contributed by atoms with Crippen LogP contribution in [-0.4, -0.2) is 54.9 Å². The number of β-amino-alcohol motifs (C(OH)–C–C–N with tert-alkyl or cyclic N) is 1. The number of aromatic nitrogens is 4. The average Bonchev–Trinajstić information content (AvgIpc) is 3.08. The summed E-state index contributed by atoms with van der Waals surface area (Å²) in [6, 6.07) is 0. The van der Waals surface area contributed by atoms with Crippen LogP contribution in [0.5, 0.6) is 0 Å². The molecule has 114 valence electrons. The average molecular weight is 291 g/mol. The molecule has 0 amide bonds. The summed E-state index contributed by atoms with van der Waals surface area (Å²) in [5.74, 6) is 1.13. The molecule has 21 heavy (non-hydrogen) atoms. The molecule has 1 aliphatic rings. The van der Waals surface area contributed by atoms with E-state index in [4.69, 9.17) is 4.52 Å². The molecular weight excluding hydrogens is 270 g/mol. The van der Waals surface area contributed by atoms with Gasteiger partial charge in [-0.15, -0.1) is 0 Å². The fourth-order valence-electron chi connectivity index (χ4n) is 2.91. The van der Waals surface area contributed by atoms with Crippen molar-refractivity contribution in [3.05, 3.63) is 30.4 Å². The maximum absolute atomic E-state index is 10.8. The van der Waals surface area contributed by atoms with E-state index in [-0.39, 0.29) is 0 Å². The Morgan fingerprint density at radius 3 is 3.05 bits per heavy atom. The predicted molar refractivity (Wildman–Crippen MR) is 75.6 cm³/mol. The van der Waals surface area contributed by atoms with Gasteiger partial charge in [-0.25, -0.2) is 4.98 Å². The Bertz CT molecular complexity index is 568. The number of hydrogen-bond donors (Lipinski definition) is 1. The van der Waals surface area contributed by atoms with E-state index in [0.717, 1.165) is 32.5 Å². The number of likely N-dealkylation sites (tertiary alicyclic amines) is 1. The van der Waals surface area contributed by atoms with Crippen molar-refractivity contribution >= 4 is 0 Å². The summed E-state index contributed by atoms with van der Waals surface area (Å²) in [5, 5.41) is 14.6. The highest BCUT2D eigenvalue weighted by Gasteiger charge is 2.35. The molecule has 0 radical (unpaired) electrons. The highest BCUT2D eigenvalue weighted by Crippen LogP contribution is 2.24. The van der Waals surface area contributed by atoms with Crippen LogP contribution in [0.2, 0.25) is 0 Å². The molecule has 7 heteroatoms. The van der Waals surface area contributed by atoms with Gasteiger partial charge in [0.25, 0.3) is 0 Å². The Hall–Kier alpha value is -1.73. The zero-order valence-electron chi connectivity index (χ0n) is 12.3. The topological polar surface area (TPSA) is 80.2 Å². The van der Waals surface area contributed by atoms with Crippen molar-refractivity contribution < 1.29 is 9.63 Å². The van der Waals surface area contributed by atoms with Crippen LogP contribution in [0.25, 0.3) is 0 Å². The van der Waals surface area contributed by atoms with Crippen LogP contribution in [0.3, 0.4) is 0 Å². The predicted octanol–water partition coefficient (Wildman–Crippen LogP) is 0.644. The number of rotatable bonds is 5. The zero-order chi connectivity index (χ0) is 14.7. The van der Waals surface area contributed by atoms with Crippen molar-refractivity contribution in [1.82, 2.24) is 24.6 Å². The molecule has 0 spiro atoms. The van der Waals surface area contributed by atoms with Gasteiger partial charge in [0.05, 0.1) is 18.3 Å². The van der Waals surface area contributed by atoms with E-state index >= 15 is 0 Å². The molecule has 2 aromatic rings. The lowest BCUT2D eigenvalue weighted by Crippen LogP contribution is -2.50. The largest absolute Gasteiger partial charge is 0.388 e. The summed E-state index contributed by atoms with van der Waals surface area (Å²) in [6.45, 7) is 5.23. The highest BCUT2D eigenvalue weighted by molar-refractivity contribution is 4.96.